The van der Waals surface area contributed by atoms with E-state index in [1.807, 2.05) is 0 Å². The van der Waals surface area contributed by atoms with Crippen molar-refractivity contribution in [2.45, 2.75) is 46.1 Å². The van der Waals surface area contributed by atoms with Crippen LogP contribution in [0, 0.1) is 17.8 Å². The smallest absolute Gasteiger partial charge is 0.223 e. The van der Waals surface area contributed by atoms with Gasteiger partial charge in [0.05, 0.1) is 6.10 Å². The molecule has 0 aromatic heterocycles. The topological polar surface area (TPSA) is 49.3 Å². The molecule has 0 aliphatic heterocycles. The second kappa shape index (κ2) is 5.50. The summed E-state index contributed by atoms with van der Waals surface area (Å²) in [6.07, 6.45) is 2.55. The van der Waals surface area contributed by atoms with Crippen molar-refractivity contribution < 1.29 is 9.90 Å². The Morgan fingerprint density at radius 3 is 2.40 bits per heavy atom. The molecule has 1 aliphatic rings. The molecule has 0 heterocycles. The fraction of sp³-hybridized carbons (Fsp3) is 0.917. The largest absolute Gasteiger partial charge is 0.391 e. The molecule has 1 saturated carbocycles. The second-order valence-corrected chi connectivity index (χ2v) is 4.71. The van der Waals surface area contributed by atoms with Crippen molar-refractivity contribution in [1.29, 1.82) is 0 Å². The lowest BCUT2D eigenvalue weighted by Gasteiger charge is -2.20. The Kier molecular flexibility index (Phi) is 4.58. The third-order valence-electron chi connectivity index (χ3n) is 3.52. The van der Waals surface area contributed by atoms with Gasteiger partial charge in [-0.1, -0.05) is 33.6 Å². The van der Waals surface area contributed by atoms with Crippen LogP contribution >= 0.6 is 0 Å². The molecule has 0 aromatic rings. The van der Waals surface area contributed by atoms with Gasteiger partial charge in [0.25, 0.3) is 0 Å². The fourth-order valence-corrected chi connectivity index (χ4v) is 2.02. The quantitative estimate of drug-likeness (QED) is 0.703. The first-order valence-electron chi connectivity index (χ1n) is 6.05. The van der Waals surface area contributed by atoms with Crippen molar-refractivity contribution in [3.63, 3.8) is 0 Å². The van der Waals surface area contributed by atoms with Gasteiger partial charge in [0.1, 0.15) is 0 Å². The van der Waals surface area contributed by atoms with Gasteiger partial charge in [-0.05, 0) is 18.3 Å². The van der Waals surface area contributed by atoms with Crippen LogP contribution in [0.3, 0.4) is 0 Å². The molecular weight excluding hydrogens is 190 g/mol. The molecule has 1 amide bonds. The van der Waals surface area contributed by atoms with Gasteiger partial charge in [-0.25, -0.2) is 0 Å². The number of carbonyl (C=O) groups is 1. The van der Waals surface area contributed by atoms with Gasteiger partial charge >= 0.3 is 0 Å². The zero-order valence-electron chi connectivity index (χ0n) is 9.99. The highest BCUT2D eigenvalue weighted by Crippen LogP contribution is 2.37. The molecular formula is C12H23NO2. The summed E-state index contributed by atoms with van der Waals surface area (Å²) < 4.78 is 0. The van der Waals surface area contributed by atoms with E-state index >= 15 is 0 Å². The van der Waals surface area contributed by atoms with E-state index in [1.54, 1.807) is 0 Å². The van der Waals surface area contributed by atoms with Crippen molar-refractivity contribution >= 4 is 5.91 Å². The van der Waals surface area contributed by atoms with E-state index in [-0.39, 0.29) is 11.8 Å². The third-order valence-corrected chi connectivity index (χ3v) is 3.52. The van der Waals surface area contributed by atoms with Crippen molar-refractivity contribution in [2.75, 3.05) is 6.54 Å². The van der Waals surface area contributed by atoms with E-state index in [4.69, 9.17) is 0 Å². The Morgan fingerprint density at radius 2 is 2.00 bits per heavy atom. The SMILES string of the molecule is CCC(CC)C(O)CNC(=O)C1CC1C. The van der Waals surface area contributed by atoms with Gasteiger partial charge in [-0.2, -0.15) is 0 Å². The Hall–Kier alpha value is -0.570. The number of carbonyl (C=O) groups excluding carboxylic acids is 1. The second-order valence-electron chi connectivity index (χ2n) is 4.71. The zero-order valence-corrected chi connectivity index (χ0v) is 9.99. The summed E-state index contributed by atoms with van der Waals surface area (Å²) in [5.74, 6) is 1.17. The normalized spacial score (nSPS) is 26.5. The molecule has 3 nitrogen and oxygen atoms in total. The number of amides is 1. The lowest BCUT2D eigenvalue weighted by Crippen LogP contribution is -2.37. The summed E-state index contributed by atoms with van der Waals surface area (Å²) in [6.45, 7) is 6.64. The van der Waals surface area contributed by atoms with Crippen LogP contribution < -0.4 is 5.32 Å². The van der Waals surface area contributed by atoms with Crippen molar-refractivity contribution in [3.8, 4) is 0 Å². The molecule has 2 N–H and O–H groups in total. The molecule has 0 radical (unpaired) electrons. The molecule has 1 fully saturated rings. The zero-order chi connectivity index (χ0) is 11.4. The molecule has 3 unspecified atom stereocenters. The number of aliphatic hydroxyl groups is 1. The van der Waals surface area contributed by atoms with Crippen molar-refractivity contribution in [2.24, 2.45) is 17.8 Å². The number of hydrogen-bond acceptors (Lipinski definition) is 2. The maximum atomic E-state index is 11.5. The van der Waals surface area contributed by atoms with Crippen molar-refractivity contribution in [1.82, 2.24) is 5.32 Å². The standard InChI is InChI=1S/C12H23NO2/c1-4-9(5-2)11(14)7-13-12(15)10-6-8(10)3/h8-11,14H,4-7H2,1-3H3,(H,13,15). The van der Waals surface area contributed by atoms with Gasteiger partial charge in [0, 0.05) is 12.5 Å². The number of nitrogens with one attached hydrogen (secondary N) is 1. The number of rotatable bonds is 6. The first kappa shape index (κ1) is 12.5. The molecule has 1 aliphatic carbocycles. The number of hydrogen-bond donors (Lipinski definition) is 2. The van der Waals surface area contributed by atoms with Crippen LogP contribution in [0.5, 0.6) is 0 Å². The van der Waals surface area contributed by atoms with E-state index < -0.39 is 6.10 Å². The highest BCUT2D eigenvalue weighted by atomic mass is 16.3. The molecule has 15 heavy (non-hydrogen) atoms. The van der Waals surface area contributed by atoms with Crippen LogP contribution in [0.15, 0.2) is 0 Å². The molecule has 88 valence electrons. The highest BCUT2D eigenvalue weighted by molar-refractivity contribution is 5.81. The first-order chi connectivity index (χ1) is 7.10. The van der Waals surface area contributed by atoms with E-state index in [2.05, 4.69) is 26.1 Å². The Labute approximate surface area is 92.3 Å². The maximum Gasteiger partial charge on any atom is 0.223 e. The maximum absolute atomic E-state index is 11.5. The summed E-state index contributed by atoms with van der Waals surface area (Å²) in [4.78, 5) is 11.5. The van der Waals surface area contributed by atoms with Crippen LogP contribution in [0.2, 0.25) is 0 Å². The van der Waals surface area contributed by atoms with Crippen LogP contribution in [0.1, 0.15) is 40.0 Å². The summed E-state index contributed by atoms with van der Waals surface area (Å²) >= 11 is 0. The third kappa shape index (κ3) is 3.49. The summed E-state index contributed by atoms with van der Waals surface area (Å²) in [5, 5.41) is 12.6. The molecule has 0 bridgehead atoms. The van der Waals surface area contributed by atoms with Crippen molar-refractivity contribution in [3.05, 3.63) is 0 Å². The molecule has 1 rings (SSSR count). The van der Waals surface area contributed by atoms with Crippen LogP contribution in [0.25, 0.3) is 0 Å². The minimum atomic E-state index is -0.391. The highest BCUT2D eigenvalue weighted by Gasteiger charge is 2.39. The lowest BCUT2D eigenvalue weighted by atomic mass is 9.96. The van der Waals surface area contributed by atoms with Gasteiger partial charge < -0.3 is 10.4 Å². The molecule has 3 atom stereocenters. The van der Waals surface area contributed by atoms with E-state index in [0.29, 0.717) is 18.4 Å². The predicted molar refractivity (Wildman–Crippen MR) is 60.4 cm³/mol. The Balaban J connectivity index is 2.21. The summed E-state index contributed by atoms with van der Waals surface area (Å²) in [7, 11) is 0. The average molecular weight is 213 g/mol. The van der Waals surface area contributed by atoms with E-state index in [9.17, 15) is 9.90 Å². The van der Waals surface area contributed by atoms with E-state index in [1.165, 1.54) is 0 Å². The molecule has 0 saturated heterocycles. The minimum absolute atomic E-state index is 0.118. The Morgan fingerprint density at radius 1 is 1.47 bits per heavy atom. The van der Waals surface area contributed by atoms with Gasteiger partial charge in [-0.3, -0.25) is 4.79 Å². The molecule has 0 aromatic carbocycles. The minimum Gasteiger partial charge on any atom is -0.391 e. The average Bonchev–Trinajstić information content (AvgIpc) is 2.94. The van der Waals surface area contributed by atoms with Crippen LogP contribution in [0.4, 0.5) is 0 Å². The van der Waals surface area contributed by atoms with Crippen LogP contribution in [-0.4, -0.2) is 23.7 Å². The summed E-state index contributed by atoms with van der Waals surface area (Å²) in [5.41, 5.74) is 0. The monoisotopic (exact) mass is 213 g/mol. The lowest BCUT2D eigenvalue weighted by molar-refractivity contribution is -0.123. The van der Waals surface area contributed by atoms with Gasteiger partial charge in [-0.15, -0.1) is 0 Å². The fourth-order valence-electron chi connectivity index (χ4n) is 2.02. The van der Waals surface area contributed by atoms with Crippen LogP contribution in [-0.2, 0) is 4.79 Å². The number of aliphatic hydroxyl groups excluding tert-OH is 1. The van der Waals surface area contributed by atoms with E-state index in [0.717, 1.165) is 19.3 Å². The Bertz CT molecular complexity index is 214. The predicted octanol–water partition coefficient (Wildman–Crippen LogP) is 1.56. The summed E-state index contributed by atoms with van der Waals surface area (Å²) in [6, 6.07) is 0. The first-order valence-corrected chi connectivity index (χ1v) is 6.05. The van der Waals surface area contributed by atoms with Gasteiger partial charge in [0.2, 0.25) is 5.91 Å². The molecule has 3 heteroatoms. The van der Waals surface area contributed by atoms with Gasteiger partial charge in [0.15, 0.2) is 0 Å². The molecule has 0 spiro atoms.